The molecule has 6 nitrogen and oxygen atoms in total. The van der Waals surface area contributed by atoms with Crippen LogP contribution in [0.4, 0.5) is 5.69 Å². The predicted octanol–water partition coefficient (Wildman–Crippen LogP) is 4.30. The lowest BCUT2D eigenvalue weighted by Crippen LogP contribution is -2.48. The third kappa shape index (κ3) is 6.40. The Kier molecular flexibility index (Phi) is 8.05. The number of carbonyl (C=O) groups excluding carboxylic acids is 1. The summed E-state index contributed by atoms with van der Waals surface area (Å²) in [5.74, 6) is 0.0726. The van der Waals surface area contributed by atoms with Crippen molar-refractivity contribution in [3.63, 3.8) is 0 Å². The van der Waals surface area contributed by atoms with Gasteiger partial charge in [0.1, 0.15) is 18.4 Å². The van der Waals surface area contributed by atoms with Crippen LogP contribution >= 0.6 is 34.8 Å². The van der Waals surface area contributed by atoms with Crippen LogP contribution < -0.4 is 14.4 Å². The van der Waals surface area contributed by atoms with Crippen LogP contribution in [0.3, 0.4) is 0 Å². The number of halogens is 3. The van der Waals surface area contributed by atoms with Crippen molar-refractivity contribution < 1.29 is 17.9 Å². The number of hydrogen-bond acceptors (Lipinski definition) is 4. The van der Waals surface area contributed by atoms with Crippen molar-refractivity contribution in [2.45, 2.75) is 19.9 Å². The SMILES string of the molecule is Cc1ccc(OCCNC(=O)[C@H](C)N(c2cc(Cl)ccc2Cl)S(C)(=O)=O)cc1Cl. The molecule has 0 aliphatic rings. The summed E-state index contributed by atoms with van der Waals surface area (Å²) in [4.78, 5) is 12.5. The first-order chi connectivity index (χ1) is 13.5. The number of ether oxygens (including phenoxy) is 1. The van der Waals surface area contributed by atoms with Crippen LogP contribution in [0.25, 0.3) is 0 Å². The van der Waals surface area contributed by atoms with E-state index in [0.717, 1.165) is 16.1 Å². The first-order valence-corrected chi connectivity index (χ1v) is 11.6. The van der Waals surface area contributed by atoms with E-state index in [1.807, 2.05) is 13.0 Å². The summed E-state index contributed by atoms with van der Waals surface area (Å²) >= 11 is 18.2. The molecule has 0 aromatic heterocycles. The van der Waals surface area contributed by atoms with E-state index < -0.39 is 22.0 Å². The maximum absolute atomic E-state index is 12.5. The minimum atomic E-state index is -3.80. The largest absolute Gasteiger partial charge is 0.492 e. The van der Waals surface area contributed by atoms with Crippen LogP contribution in [-0.2, 0) is 14.8 Å². The molecular formula is C19H21Cl3N2O4S. The number of nitrogens with zero attached hydrogens (tertiary/aromatic N) is 1. The molecule has 0 heterocycles. The third-order valence-corrected chi connectivity index (χ3v) is 6.24. The number of amides is 1. The Labute approximate surface area is 185 Å². The monoisotopic (exact) mass is 478 g/mol. The molecule has 0 unspecified atom stereocenters. The zero-order valence-electron chi connectivity index (χ0n) is 16.1. The summed E-state index contributed by atoms with van der Waals surface area (Å²) in [6.45, 7) is 3.71. The Morgan fingerprint density at radius 1 is 1.14 bits per heavy atom. The first-order valence-electron chi connectivity index (χ1n) is 8.62. The summed E-state index contributed by atoms with van der Waals surface area (Å²) in [7, 11) is -3.80. The van der Waals surface area contributed by atoms with Crippen molar-refractivity contribution in [3.8, 4) is 5.75 Å². The maximum atomic E-state index is 12.5. The molecule has 2 rings (SSSR count). The third-order valence-electron chi connectivity index (χ3n) is 4.05. The van der Waals surface area contributed by atoms with E-state index >= 15 is 0 Å². The fourth-order valence-corrected chi connectivity index (χ4v) is 4.36. The topological polar surface area (TPSA) is 75.7 Å². The molecule has 2 aromatic carbocycles. The molecule has 1 amide bonds. The van der Waals surface area contributed by atoms with Crippen molar-refractivity contribution in [3.05, 3.63) is 57.0 Å². The van der Waals surface area contributed by atoms with Crippen molar-refractivity contribution >= 4 is 56.4 Å². The van der Waals surface area contributed by atoms with Gasteiger partial charge in [-0.3, -0.25) is 9.10 Å². The van der Waals surface area contributed by atoms with Gasteiger partial charge in [-0.15, -0.1) is 0 Å². The number of rotatable bonds is 8. The van der Waals surface area contributed by atoms with Gasteiger partial charge in [0.15, 0.2) is 0 Å². The average Bonchev–Trinajstić information content (AvgIpc) is 2.63. The van der Waals surface area contributed by atoms with Gasteiger partial charge in [-0.05, 0) is 49.7 Å². The molecule has 0 radical (unpaired) electrons. The highest BCUT2D eigenvalue weighted by Gasteiger charge is 2.30. The minimum absolute atomic E-state index is 0.134. The lowest BCUT2D eigenvalue weighted by atomic mass is 10.2. The van der Waals surface area contributed by atoms with E-state index in [-0.39, 0.29) is 23.9 Å². The lowest BCUT2D eigenvalue weighted by Gasteiger charge is -2.29. The molecule has 0 saturated carbocycles. The van der Waals surface area contributed by atoms with E-state index in [0.29, 0.717) is 15.8 Å². The van der Waals surface area contributed by atoms with Gasteiger partial charge in [0.2, 0.25) is 15.9 Å². The van der Waals surface area contributed by atoms with Crippen molar-refractivity contribution in [2.75, 3.05) is 23.7 Å². The average molecular weight is 480 g/mol. The Hall–Kier alpha value is -1.67. The molecule has 2 aromatic rings. The predicted molar refractivity (Wildman–Crippen MR) is 118 cm³/mol. The summed E-state index contributed by atoms with van der Waals surface area (Å²) in [5, 5.41) is 3.71. The number of benzene rings is 2. The Morgan fingerprint density at radius 3 is 2.45 bits per heavy atom. The quantitative estimate of drug-likeness (QED) is 0.573. The molecule has 0 aliphatic heterocycles. The second-order valence-electron chi connectivity index (χ2n) is 6.38. The molecule has 0 aliphatic carbocycles. The van der Waals surface area contributed by atoms with Crippen LogP contribution in [0.1, 0.15) is 12.5 Å². The van der Waals surface area contributed by atoms with Gasteiger partial charge in [0.25, 0.3) is 0 Å². The number of nitrogens with one attached hydrogen (secondary N) is 1. The number of aryl methyl sites for hydroxylation is 1. The van der Waals surface area contributed by atoms with Gasteiger partial charge in [-0.25, -0.2) is 8.42 Å². The zero-order chi connectivity index (χ0) is 21.8. The van der Waals surface area contributed by atoms with Crippen LogP contribution in [0.5, 0.6) is 5.75 Å². The van der Waals surface area contributed by atoms with Crippen LogP contribution in [0, 0.1) is 6.92 Å². The molecule has 1 atom stereocenters. The normalized spacial score (nSPS) is 12.3. The highest BCUT2D eigenvalue weighted by Crippen LogP contribution is 2.32. The lowest BCUT2D eigenvalue weighted by molar-refractivity contribution is -0.121. The summed E-state index contributed by atoms with van der Waals surface area (Å²) in [5.41, 5.74) is 1.07. The molecule has 0 spiro atoms. The van der Waals surface area contributed by atoms with Crippen LogP contribution in [0.2, 0.25) is 15.1 Å². The number of anilines is 1. The number of hydrogen-bond donors (Lipinski definition) is 1. The highest BCUT2D eigenvalue weighted by molar-refractivity contribution is 7.92. The zero-order valence-corrected chi connectivity index (χ0v) is 19.2. The van der Waals surface area contributed by atoms with Crippen molar-refractivity contribution in [1.29, 1.82) is 0 Å². The fourth-order valence-electron chi connectivity index (χ4n) is 2.59. The fraction of sp³-hybridized carbons (Fsp3) is 0.316. The Balaban J connectivity index is 2.04. The second-order valence-corrected chi connectivity index (χ2v) is 9.49. The number of sulfonamides is 1. The van der Waals surface area contributed by atoms with Crippen molar-refractivity contribution in [2.24, 2.45) is 0 Å². The van der Waals surface area contributed by atoms with Crippen LogP contribution in [-0.4, -0.2) is 39.8 Å². The molecular weight excluding hydrogens is 459 g/mol. The number of carbonyl (C=O) groups is 1. The van der Waals surface area contributed by atoms with Crippen LogP contribution in [0.15, 0.2) is 36.4 Å². The molecule has 0 saturated heterocycles. The molecule has 29 heavy (non-hydrogen) atoms. The van der Waals surface area contributed by atoms with Gasteiger partial charge in [-0.2, -0.15) is 0 Å². The molecule has 10 heteroatoms. The van der Waals surface area contributed by atoms with E-state index in [1.54, 1.807) is 12.1 Å². The van der Waals surface area contributed by atoms with Gasteiger partial charge in [-0.1, -0.05) is 40.9 Å². The standard InChI is InChI=1S/C19H21Cl3N2O4S/c1-12-4-6-15(11-17(12)22)28-9-8-23-19(25)13(2)24(29(3,26)27)18-10-14(20)5-7-16(18)21/h4-7,10-11,13H,8-9H2,1-3H3,(H,23,25)/t13-/m0/s1. The molecule has 1 N–H and O–H groups in total. The van der Waals surface area contributed by atoms with E-state index in [9.17, 15) is 13.2 Å². The van der Waals surface area contributed by atoms with E-state index in [4.69, 9.17) is 39.5 Å². The molecule has 0 fully saturated rings. The molecule has 158 valence electrons. The second kappa shape index (κ2) is 9.89. The summed E-state index contributed by atoms with van der Waals surface area (Å²) < 4.78 is 31.1. The van der Waals surface area contributed by atoms with E-state index in [1.165, 1.54) is 25.1 Å². The minimum Gasteiger partial charge on any atom is -0.492 e. The summed E-state index contributed by atoms with van der Waals surface area (Å²) in [6, 6.07) is 8.66. The maximum Gasteiger partial charge on any atom is 0.243 e. The van der Waals surface area contributed by atoms with Gasteiger partial charge in [0, 0.05) is 10.0 Å². The first kappa shape index (κ1) is 23.6. The Morgan fingerprint density at radius 2 is 1.83 bits per heavy atom. The summed E-state index contributed by atoms with van der Waals surface area (Å²) in [6.07, 6.45) is 0.998. The van der Waals surface area contributed by atoms with Gasteiger partial charge < -0.3 is 10.1 Å². The highest BCUT2D eigenvalue weighted by atomic mass is 35.5. The molecule has 0 bridgehead atoms. The smallest absolute Gasteiger partial charge is 0.243 e. The van der Waals surface area contributed by atoms with Gasteiger partial charge in [0.05, 0.1) is 23.5 Å². The Bertz CT molecular complexity index is 999. The van der Waals surface area contributed by atoms with Crippen molar-refractivity contribution in [1.82, 2.24) is 5.32 Å². The van der Waals surface area contributed by atoms with Gasteiger partial charge >= 0.3 is 0 Å². The van der Waals surface area contributed by atoms with E-state index in [2.05, 4.69) is 5.32 Å².